The molecule has 1 N–H and O–H groups in total. The Balaban J connectivity index is 2.32. The van der Waals surface area contributed by atoms with E-state index >= 15 is 0 Å². The standard InChI is InChI=1S/C12H23N3O3S/c1-10(13-12(19-3)8-15(16)17)6-14(2)7-11-4-5-18-9-11/h8,10-11,13H,4-7,9H2,1-3H3. The minimum Gasteiger partial charge on any atom is -0.381 e. The molecule has 0 aromatic carbocycles. The Morgan fingerprint density at radius 2 is 2.47 bits per heavy atom. The molecule has 0 aliphatic carbocycles. The Labute approximate surface area is 118 Å². The molecular weight excluding hydrogens is 266 g/mol. The van der Waals surface area contributed by atoms with Gasteiger partial charge in [0.1, 0.15) is 5.03 Å². The van der Waals surface area contributed by atoms with E-state index in [1.165, 1.54) is 11.8 Å². The fraction of sp³-hybridized carbons (Fsp3) is 0.833. The molecule has 0 bridgehead atoms. The average molecular weight is 289 g/mol. The predicted octanol–water partition coefficient (Wildman–Crippen LogP) is 1.37. The van der Waals surface area contributed by atoms with Gasteiger partial charge in [-0.1, -0.05) is 0 Å². The highest BCUT2D eigenvalue weighted by molar-refractivity contribution is 8.02. The molecule has 0 saturated carbocycles. The number of nitro groups is 1. The molecular formula is C12H23N3O3S. The van der Waals surface area contributed by atoms with E-state index in [0.717, 1.165) is 38.9 Å². The van der Waals surface area contributed by atoms with Crippen molar-refractivity contribution in [2.45, 2.75) is 19.4 Å². The number of nitrogens with one attached hydrogen (secondary N) is 1. The fourth-order valence-corrected chi connectivity index (χ4v) is 2.75. The molecule has 0 radical (unpaired) electrons. The SMILES string of the molecule is CSC(=C[N+](=O)[O-])NC(C)CN(C)CC1CCOC1. The normalized spacial score (nSPS) is 21.7. The Morgan fingerprint density at radius 1 is 1.74 bits per heavy atom. The van der Waals surface area contributed by atoms with E-state index in [-0.39, 0.29) is 6.04 Å². The van der Waals surface area contributed by atoms with Crippen LogP contribution in [0.2, 0.25) is 0 Å². The zero-order valence-corrected chi connectivity index (χ0v) is 12.6. The summed E-state index contributed by atoms with van der Waals surface area (Å²) in [6.07, 6.45) is 3.98. The second-order valence-corrected chi connectivity index (χ2v) is 5.83. The first kappa shape index (κ1) is 16.3. The van der Waals surface area contributed by atoms with Gasteiger partial charge in [-0.25, -0.2) is 0 Å². The molecule has 6 nitrogen and oxygen atoms in total. The number of hydrogen-bond acceptors (Lipinski definition) is 6. The van der Waals surface area contributed by atoms with Crippen LogP contribution in [0.1, 0.15) is 13.3 Å². The van der Waals surface area contributed by atoms with Crippen molar-refractivity contribution in [2.75, 3.05) is 39.6 Å². The lowest BCUT2D eigenvalue weighted by Gasteiger charge is -2.24. The zero-order valence-electron chi connectivity index (χ0n) is 11.8. The molecule has 19 heavy (non-hydrogen) atoms. The molecule has 0 aromatic rings. The molecule has 1 fully saturated rings. The topological polar surface area (TPSA) is 67.6 Å². The molecule has 1 rings (SSSR count). The summed E-state index contributed by atoms with van der Waals surface area (Å²) >= 11 is 1.36. The molecule has 1 aliphatic heterocycles. The first-order valence-electron chi connectivity index (χ1n) is 6.43. The summed E-state index contributed by atoms with van der Waals surface area (Å²) in [6, 6.07) is 0.172. The van der Waals surface area contributed by atoms with Crippen LogP contribution in [0.25, 0.3) is 0 Å². The van der Waals surface area contributed by atoms with Crippen molar-refractivity contribution >= 4 is 11.8 Å². The predicted molar refractivity (Wildman–Crippen MR) is 77.6 cm³/mol. The molecule has 0 amide bonds. The van der Waals surface area contributed by atoms with Crippen molar-refractivity contribution < 1.29 is 9.66 Å². The number of thioether (sulfide) groups is 1. The molecule has 0 spiro atoms. The van der Waals surface area contributed by atoms with E-state index in [1.807, 2.05) is 13.2 Å². The molecule has 110 valence electrons. The minimum absolute atomic E-state index is 0.172. The smallest absolute Gasteiger partial charge is 0.263 e. The van der Waals surface area contributed by atoms with E-state index in [4.69, 9.17) is 4.74 Å². The maximum absolute atomic E-state index is 10.5. The van der Waals surface area contributed by atoms with Gasteiger partial charge in [0.2, 0.25) is 0 Å². The van der Waals surface area contributed by atoms with Crippen molar-refractivity contribution in [3.8, 4) is 0 Å². The third-order valence-corrected chi connectivity index (χ3v) is 3.67. The second kappa shape index (κ2) is 8.39. The number of likely N-dealkylation sites (N-methyl/N-ethyl adjacent to an activating group) is 1. The lowest BCUT2D eigenvalue weighted by Crippen LogP contribution is -2.38. The fourth-order valence-electron chi connectivity index (χ4n) is 2.24. The third-order valence-electron chi connectivity index (χ3n) is 3.01. The van der Waals surface area contributed by atoms with Gasteiger partial charge in [0.15, 0.2) is 0 Å². The van der Waals surface area contributed by atoms with Crippen molar-refractivity contribution in [1.29, 1.82) is 0 Å². The monoisotopic (exact) mass is 289 g/mol. The van der Waals surface area contributed by atoms with Crippen LogP contribution >= 0.6 is 11.8 Å². The minimum atomic E-state index is -0.425. The van der Waals surface area contributed by atoms with Crippen LogP contribution < -0.4 is 5.32 Å². The summed E-state index contributed by atoms with van der Waals surface area (Å²) in [7, 11) is 2.08. The Kier molecular flexibility index (Phi) is 7.19. The highest BCUT2D eigenvalue weighted by Gasteiger charge is 2.18. The summed E-state index contributed by atoms with van der Waals surface area (Å²) < 4.78 is 5.36. The summed E-state index contributed by atoms with van der Waals surface area (Å²) in [6.45, 7) is 5.62. The maximum atomic E-state index is 10.5. The number of nitrogens with zero attached hydrogens (tertiary/aromatic N) is 2. The molecule has 1 heterocycles. The van der Waals surface area contributed by atoms with Gasteiger partial charge in [-0.05, 0) is 32.6 Å². The van der Waals surface area contributed by atoms with Gasteiger partial charge in [0.25, 0.3) is 6.20 Å². The molecule has 1 saturated heterocycles. The second-order valence-electron chi connectivity index (χ2n) is 4.98. The Hall–Kier alpha value is -0.790. The summed E-state index contributed by atoms with van der Waals surface area (Å²) in [4.78, 5) is 12.3. The summed E-state index contributed by atoms with van der Waals surface area (Å²) in [5.74, 6) is 0.617. The molecule has 2 atom stereocenters. The quantitative estimate of drug-likeness (QED) is 0.538. The summed E-state index contributed by atoms with van der Waals surface area (Å²) in [5.41, 5.74) is 0. The number of hydrogen-bond donors (Lipinski definition) is 1. The third kappa shape index (κ3) is 6.79. The molecule has 1 aliphatic rings. The highest BCUT2D eigenvalue weighted by Crippen LogP contribution is 2.14. The van der Waals surface area contributed by atoms with E-state index in [0.29, 0.717) is 10.9 Å². The largest absolute Gasteiger partial charge is 0.381 e. The van der Waals surface area contributed by atoms with Gasteiger partial charge in [-0.2, -0.15) is 0 Å². The number of rotatable bonds is 8. The van der Waals surface area contributed by atoms with Crippen LogP contribution in [0, 0.1) is 16.0 Å². The van der Waals surface area contributed by atoms with Crippen molar-refractivity contribution in [3.63, 3.8) is 0 Å². The van der Waals surface area contributed by atoms with Crippen molar-refractivity contribution in [2.24, 2.45) is 5.92 Å². The van der Waals surface area contributed by atoms with Crippen LogP contribution in [-0.2, 0) is 4.74 Å². The summed E-state index contributed by atoms with van der Waals surface area (Å²) in [5, 5.41) is 14.2. The van der Waals surface area contributed by atoms with Gasteiger partial charge in [0, 0.05) is 25.7 Å². The van der Waals surface area contributed by atoms with Gasteiger partial charge in [0.05, 0.1) is 11.5 Å². The van der Waals surface area contributed by atoms with Gasteiger partial charge >= 0.3 is 0 Å². The lowest BCUT2D eigenvalue weighted by molar-refractivity contribution is -0.403. The molecule has 2 unspecified atom stereocenters. The van der Waals surface area contributed by atoms with Gasteiger partial charge in [-0.15, -0.1) is 11.8 Å². The molecule has 0 aromatic heterocycles. The number of ether oxygens (including phenoxy) is 1. The average Bonchev–Trinajstić information content (AvgIpc) is 2.79. The van der Waals surface area contributed by atoms with Crippen LogP contribution in [-0.4, -0.2) is 55.5 Å². The van der Waals surface area contributed by atoms with Gasteiger partial charge < -0.3 is 15.0 Å². The Morgan fingerprint density at radius 3 is 3.00 bits per heavy atom. The molecule has 7 heteroatoms. The van der Waals surface area contributed by atoms with Crippen LogP contribution in [0.5, 0.6) is 0 Å². The lowest BCUT2D eigenvalue weighted by atomic mass is 10.1. The van der Waals surface area contributed by atoms with Gasteiger partial charge in [-0.3, -0.25) is 10.1 Å². The van der Waals surface area contributed by atoms with Crippen LogP contribution in [0.3, 0.4) is 0 Å². The zero-order chi connectivity index (χ0) is 14.3. The Bertz CT molecular complexity index is 319. The van der Waals surface area contributed by atoms with E-state index in [9.17, 15) is 10.1 Å². The van der Waals surface area contributed by atoms with Crippen molar-refractivity contribution in [1.82, 2.24) is 10.2 Å². The maximum Gasteiger partial charge on any atom is 0.263 e. The van der Waals surface area contributed by atoms with Crippen LogP contribution in [0.4, 0.5) is 0 Å². The van der Waals surface area contributed by atoms with E-state index < -0.39 is 4.92 Å². The first-order chi connectivity index (χ1) is 9.01. The van der Waals surface area contributed by atoms with E-state index in [1.54, 1.807) is 0 Å². The van der Waals surface area contributed by atoms with E-state index in [2.05, 4.69) is 17.3 Å². The van der Waals surface area contributed by atoms with Crippen molar-refractivity contribution in [3.05, 3.63) is 21.3 Å². The first-order valence-corrected chi connectivity index (χ1v) is 7.66. The highest BCUT2D eigenvalue weighted by atomic mass is 32.2. The van der Waals surface area contributed by atoms with Crippen LogP contribution in [0.15, 0.2) is 11.2 Å².